The van der Waals surface area contributed by atoms with E-state index in [4.69, 9.17) is 10.9 Å². The Labute approximate surface area is 133 Å². The highest BCUT2D eigenvalue weighted by Crippen LogP contribution is 2.26. The molecule has 1 aliphatic heterocycles. The number of rotatable bonds is 5. The molecule has 21 heavy (non-hydrogen) atoms. The minimum atomic E-state index is 0.0306. The molecule has 1 fully saturated rings. The van der Waals surface area contributed by atoms with Crippen molar-refractivity contribution in [1.29, 1.82) is 0 Å². The Hall–Kier alpha value is -1.34. The first kappa shape index (κ1) is 16.0. The summed E-state index contributed by atoms with van der Waals surface area (Å²) in [5.41, 5.74) is 7.00. The summed E-state index contributed by atoms with van der Waals surface area (Å²) < 4.78 is 1.01. The Kier molecular flexibility index (Phi) is 5.81. The molecule has 7 heteroatoms. The summed E-state index contributed by atoms with van der Waals surface area (Å²) in [4.78, 5) is 8.72. The van der Waals surface area contributed by atoms with E-state index < -0.39 is 0 Å². The molecule has 1 saturated heterocycles. The number of halogens is 1. The molecule has 1 unspecified atom stereocenters. The molecular formula is C14H22BrN5O. The molecule has 0 amide bonds. The van der Waals surface area contributed by atoms with E-state index in [2.05, 4.69) is 42.8 Å². The van der Waals surface area contributed by atoms with Gasteiger partial charge in [0, 0.05) is 38.6 Å². The zero-order valence-electron chi connectivity index (χ0n) is 12.2. The average Bonchev–Trinajstić information content (AvgIpc) is 2.53. The van der Waals surface area contributed by atoms with Crippen LogP contribution in [0.4, 0.5) is 5.69 Å². The molecular weight excluding hydrogens is 334 g/mol. The van der Waals surface area contributed by atoms with Crippen LogP contribution in [0.5, 0.6) is 0 Å². The minimum Gasteiger partial charge on any atom is -0.409 e. The summed E-state index contributed by atoms with van der Waals surface area (Å²) in [5.74, 6) is 0.315. The Morgan fingerprint density at radius 3 is 2.76 bits per heavy atom. The molecule has 0 radical (unpaired) electrons. The van der Waals surface area contributed by atoms with Crippen molar-refractivity contribution in [2.24, 2.45) is 10.9 Å². The van der Waals surface area contributed by atoms with Crippen molar-refractivity contribution in [3.8, 4) is 0 Å². The van der Waals surface area contributed by atoms with Crippen molar-refractivity contribution in [3.05, 3.63) is 22.9 Å². The van der Waals surface area contributed by atoms with Gasteiger partial charge in [-0.3, -0.25) is 9.88 Å². The first-order chi connectivity index (χ1) is 10.2. The number of amidine groups is 1. The number of aromatic nitrogens is 1. The highest BCUT2D eigenvalue weighted by atomic mass is 79.9. The lowest BCUT2D eigenvalue weighted by atomic mass is 10.1. The molecule has 3 N–H and O–H groups in total. The second kappa shape index (κ2) is 7.61. The maximum atomic E-state index is 8.94. The van der Waals surface area contributed by atoms with E-state index in [0.717, 1.165) is 43.5 Å². The Balaban J connectivity index is 2.01. The van der Waals surface area contributed by atoms with Crippen LogP contribution in [0.2, 0.25) is 0 Å². The van der Waals surface area contributed by atoms with Gasteiger partial charge in [-0.1, -0.05) is 18.5 Å². The molecule has 1 atom stereocenters. The number of hydrogen-bond acceptors (Lipinski definition) is 5. The van der Waals surface area contributed by atoms with Crippen molar-refractivity contribution in [1.82, 2.24) is 9.88 Å². The third kappa shape index (κ3) is 3.85. The van der Waals surface area contributed by atoms with Crippen LogP contribution in [0.15, 0.2) is 28.1 Å². The Morgan fingerprint density at radius 1 is 1.48 bits per heavy atom. The van der Waals surface area contributed by atoms with Crippen LogP contribution < -0.4 is 10.6 Å². The van der Waals surface area contributed by atoms with Crippen LogP contribution in [-0.4, -0.2) is 53.1 Å². The third-order valence-electron chi connectivity index (χ3n) is 3.87. The lowest BCUT2D eigenvalue weighted by Crippen LogP contribution is -2.54. The van der Waals surface area contributed by atoms with Crippen molar-refractivity contribution < 1.29 is 5.21 Å². The molecule has 0 aliphatic carbocycles. The topological polar surface area (TPSA) is 78.0 Å². The summed E-state index contributed by atoms with van der Waals surface area (Å²) >= 11 is 3.55. The first-order valence-electron chi connectivity index (χ1n) is 7.23. The van der Waals surface area contributed by atoms with Gasteiger partial charge in [-0.25, -0.2) is 0 Å². The van der Waals surface area contributed by atoms with E-state index in [1.807, 2.05) is 18.5 Å². The number of piperazine rings is 1. The van der Waals surface area contributed by atoms with Gasteiger partial charge in [-0.2, -0.15) is 0 Å². The zero-order chi connectivity index (χ0) is 15.2. The molecule has 116 valence electrons. The second-order valence-electron chi connectivity index (χ2n) is 5.18. The highest BCUT2D eigenvalue weighted by Gasteiger charge is 2.26. The number of oxime groups is 1. The van der Waals surface area contributed by atoms with Crippen LogP contribution >= 0.6 is 15.9 Å². The van der Waals surface area contributed by atoms with Gasteiger partial charge in [-0.15, -0.1) is 0 Å². The number of hydrogen-bond donors (Lipinski definition) is 2. The van der Waals surface area contributed by atoms with Crippen LogP contribution in [-0.2, 0) is 0 Å². The predicted octanol–water partition coefficient (Wildman–Crippen LogP) is 1.88. The monoisotopic (exact) mass is 355 g/mol. The molecule has 1 aromatic rings. The van der Waals surface area contributed by atoms with Crippen LogP contribution in [0, 0.1) is 0 Å². The van der Waals surface area contributed by atoms with Crippen molar-refractivity contribution in [2.75, 3.05) is 31.1 Å². The van der Waals surface area contributed by atoms with E-state index in [1.54, 1.807) is 0 Å². The van der Waals surface area contributed by atoms with E-state index in [1.165, 1.54) is 5.69 Å². The average molecular weight is 356 g/mol. The van der Waals surface area contributed by atoms with Gasteiger partial charge in [-0.05, 0) is 28.4 Å². The maximum absolute atomic E-state index is 8.94. The Morgan fingerprint density at radius 2 is 2.19 bits per heavy atom. The highest BCUT2D eigenvalue weighted by molar-refractivity contribution is 9.10. The Bertz CT molecular complexity index is 488. The fraction of sp³-hybridized carbons (Fsp3) is 0.571. The molecule has 2 heterocycles. The number of pyridine rings is 1. The smallest absolute Gasteiger partial charge is 0.156 e. The summed E-state index contributed by atoms with van der Waals surface area (Å²) in [6.07, 6.45) is 5.55. The molecule has 0 saturated carbocycles. The van der Waals surface area contributed by atoms with E-state index in [0.29, 0.717) is 5.84 Å². The summed E-state index contributed by atoms with van der Waals surface area (Å²) in [6, 6.07) is 2.05. The van der Waals surface area contributed by atoms with Crippen molar-refractivity contribution >= 4 is 27.5 Å². The summed E-state index contributed by atoms with van der Waals surface area (Å²) in [5, 5.41) is 12.1. The maximum Gasteiger partial charge on any atom is 0.156 e. The first-order valence-corrected chi connectivity index (χ1v) is 8.02. The van der Waals surface area contributed by atoms with E-state index in [-0.39, 0.29) is 6.04 Å². The fourth-order valence-electron chi connectivity index (χ4n) is 2.76. The number of anilines is 1. The second-order valence-corrected chi connectivity index (χ2v) is 6.03. The molecule has 1 aliphatic rings. The van der Waals surface area contributed by atoms with Crippen molar-refractivity contribution in [2.45, 2.75) is 25.8 Å². The van der Waals surface area contributed by atoms with Crippen LogP contribution in [0.25, 0.3) is 0 Å². The molecule has 1 aromatic heterocycles. The van der Waals surface area contributed by atoms with E-state index in [9.17, 15) is 0 Å². The standard InChI is InChI=1S/C14H22BrN5O/c1-2-3-13(14(16)18-21)20-8-6-19(7-9-20)12-4-5-17-10-11(12)15/h4-5,10,13,21H,2-3,6-9H2,1H3,(H2,16,18). The third-order valence-corrected chi connectivity index (χ3v) is 4.48. The van der Waals surface area contributed by atoms with E-state index >= 15 is 0 Å². The van der Waals surface area contributed by atoms with Crippen molar-refractivity contribution in [3.63, 3.8) is 0 Å². The van der Waals surface area contributed by atoms with Gasteiger partial charge >= 0.3 is 0 Å². The zero-order valence-corrected chi connectivity index (χ0v) is 13.8. The van der Waals surface area contributed by atoms with Gasteiger partial charge in [0.1, 0.15) is 0 Å². The van der Waals surface area contributed by atoms with Gasteiger partial charge in [0.05, 0.1) is 16.2 Å². The minimum absolute atomic E-state index is 0.0306. The van der Waals surface area contributed by atoms with Crippen LogP contribution in [0.3, 0.4) is 0 Å². The molecule has 6 nitrogen and oxygen atoms in total. The fourth-order valence-corrected chi connectivity index (χ4v) is 3.26. The summed E-state index contributed by atoms with van der Waals surface area (Å²) in [7, 11) is 0. The van der Waals surface area contributed by atoms with Gasteiger partial charge in [0.2, 0.25) is 0 Å². The SMILES string of the molecule is CCCC(/C(N)=N/O)N1CCN(c2ccncc2Br)CC1. The van der Waals surface area contributed by atoms with Gasteiger partial charge in [0.25, 0.3) is 0 Å². The molecule has 0 spiro atoms. The number of nitrogens with zero attached hydrogens (tertiary/aromatic N) is 4. The molecule has 0 aromatic carbocycles. The van der Waals surface area contributed by atoms with Gasteiger partial charge in [0.15, 0.2) is 5.84 Å². The quantitative estimate of drug-likeness (QED) is 0.365. The molecule has 0 bridgehead atoms. The largest absolute Gasteiger partial charge is 0.409 e. The van der Waals surface area contributed by atoms with Crippen LogP contribution in [0.1, 0.15) is 19.8 Å². The lowest BCUT2D eigenvalue weighted by Gasteiger charge is -2.40. The normalized spacial score (nSPS) is 18.8. The lowest BCUT2D eigenvalue weighted by molar-refractivity contribution is 0.211. The molecule has 2 rings (SSSR count). The predicted molar refractivity (Wildman–Crippen MR) is 87.8 cm³/mol. The summed E-state index contributed by atoms with van der Waals surface area (Å²) in [6.45, 7) is 5.75. The van der Waals surface area contributed by atoms with Gasteiger partial charge < -0.3 is 15.8 Å². The number of nitrogens with two attached hydrogens (primary N) is 1.